The normalized spacial score (nSPS) is 15.7. The molecule has 12 heteroatoms. The van der Waals surface area contributed by atoms with Gasteiger partial charge in [-0.15, -0.1) is 11.3 Å². The minimum absolute atomic E-state index is 0.101. The van der Waals surface area contributed by atoms with Crippen molar-refractivity contribution in [3.8, 4) is 0 Å². The summed E-state index contributed by atoms with van der Waals surface area (Å²) in [6.45, 7) is 6.91. The van der Waals surface area contributed by atoms with Gasteiger partial charge in [-0.2, -0.15) is 0 Å². The summed E-state index contributed by atoms with van der Waals surface area (Å²) in [7, 11) is -3.95. The molecule has 0 radical (unpaired) electrons. The first kappa shape index (κ1) is 28.1. The molecule has 2 N–H and O–H groups in total. The van der Waals surface area contributed by atoms with E-state index >= 15 is 0 Å². The Kier molecular flexibility index (Phi) is 8.46. The van der Waals surface area contributed by atoms with E-state index < -0.39 is 27.9 Å². The lowest BCUT2D eigenvalue weighted by Gasteiger charge is -2.28. The van der Waals surface area contributed by atoms with Gasteiger partial charge < -0.3 is 10.1 Å². The van der Waals surface area contributed by atoms with E-state index in [2.05, 4.69) is 31.0 Å². The maximum absolute atomic E-state index is 13.9. The molecule has 0 bridgehead atoms. The maximum atomic E-state index is 13.9. The highest BCUT2D eigenvalue weighted by molar-refractivity contribution is 9.10. The number of carbonyl (C=O) groups excluding carboxylic acids is 1. The summed E-state index contributed by atoms with van der Waals surface area (Å²) in [5.74, 6) is -0.775. The topological polar surface area (TPSA) is 110 Å². The van der Waals surface area contributed by atoms with Crippen LogP contribution in [0.15, 0.2) is 67.5 Å². The molecule has 38 heavy (non-hydrogen) atoms. The molecule has 0 spiro atoms. The molecule has 2 aromatic carbocycles. The minimum Gasteiger partial charge on any atom is -0.463 e. The van der Waals surface area contributed by atoms with E-state index in [0.717, 1.165) is 5.56 Å². The van der Waals surface area contributed by atoms with E-state index in [1.54, 1.807) is 44.5 Å². The Balaban J connectivity index is 1.82. The van der Waals surface area contributed by atoms with E-state index in [1.807, 2.05) is 6.92 Å². The SMILES string of the molecule is CCOC(=O)C1=C(CNS(=O)(=O)c2c(C)cc(C)cc2C)NC(c2nccs2)=NC1c1ccc(F)cc1Br. The van der Waals surface area contributed by atoms with Crippen molar-refractivity contribution in [2.45, 2.75) is 38.6 Å². The van der Waals surface area contributed by atoms with Crippen molar-refractivity contribution in [2.75, 3.05) is 13.2 Å². The Bertz CT molecular complexity index is 1530. The van der Waals surface area contributed by atoms with Gasteiger partial charge in [-0.1, -0.05) is 39.7 Å². The van der Waals surface area contributed by atoms with Crippen molar-refractivity contribution in [2.24, 2.45) is 4.99 Å². The molecule has 200 valence electrons. The van der Waals surface area contributed by atoms with E-state index in [4.69, 9.17) is 9.73 Å². The third-order valence-corrected chi connectivity index (χ3v) is 9.00. The van der Waals surface area contributed by atoms with Crippen molar-refractivity contribution in [3.05, 3.63) is 90.7 Å². The maximum Gasteiger partial charge on any atom is 0.338 e. The van der Waals surface area contributed by atoms with E-state index in [1.165, 1.54) is 29.5 Å². The monoisotopic (exact) mass is 620 g/mol. The van der Waals surface area contributed by atoms with Gasteiger partial charge in [0.05, 0.1) is 23.6 Å². The van der Waals surface area contributed by atoms with Gasteiger partial charge in [0.2, 0.25) is 10.0 Å². The molecule has 0 saturated heterocycles. The van der Waals surface area contributed by atoms with Crippen LogP contribution in [0.5, 0.6) is 0 Å². The molecule has 2 heterocycles. The first-order valence-electron chi connectivity index (χ1n) is 11.7. The van der Waals surface area contributed by atoms with Crippen LogP contribution in [0.2, 0.25) is 0 Å². The van der Waals surface area contributed by atoms with E-state index in [-0.39, 0.29) is 29.3 Å². The Morgan fingerprint density at radius 3 is 2.53 bits per heavy atom. The van der Waals surface area contributed by atoms with Gasteiger partial charge >= 0.3 is 5.97 Å². The van der Waals surface area contributed by atoms with Crippen molar-refractivity contribution < 1.29 is 22.3 Å². The van der Waals surface area contributed by atoms with Gasteiger partial charge in [-0.25, -0.2) is 27.3 Å². The number of carbonyl (C=O) groups is 1. The number of halogens is 2. The second-order valence-corrected chi connectivity index (χ2v) is 12.1. The van der Waals surface area contributed by atoms with Crippen molar-refractivity contribution in [1.82, 2.24) is 15.0 Å². The first-order valence-corrected chi connectivity index (χ1v) is 14.8. The van der Waals surface area contributed by atoms with Crippen LogP contribution >= 0.6 is 27.3 Å². The number of amidine groups is 1. The zero-order valence-electron chi connectivity index (χ0n) is 21.1. The number of rotatable bonds is 8. The summed E-state index contributed by atoms with van der Waals surface area (Å²) in [6, 6.07) is 6.78. The fourth-order valence-corrected chi connectivity index (χ4v) is 7.01. The number of hydrogen-bond donors (Lipinski definition) is 2. The standard InChI is InChI=1S/C26H26BrFN4O4S2/c1-5-36-26(33)21-20(13-30-38(34,35)23-15(3)10-14(2)11-16(23)4)31-24(25-29-8-9-37-25)32-22(21)18-7-6-17(28)12-19(18)27/h6-12,22,30H,5,13H2,1-4H3,(H,31,32). The number of nitrogens with one attached hydrogen (secondary N) is 2. The molecule has 4 rings (SSSR count). The smallest absolute Gasteiger partial charge is 0.338 e. The van der Waals surface area contributed by atoms with Gasteiger partial charge in [0, 0.05) is 21.7 Å². The van der Waals surface area contributed by atoms with Crippen LogP contribution in [0.25, 0.3) is 0 Å². The number of benzene rings is 2. The molecule has 1 aromatic heterocycles. The highest BCUT2D eigenvalue weighted by atomic mass is 79.9. The second kappa shape index (κ2) is 11.4. The van der Waals surface area contributed by atoms with E-state index in [0.29, 0.717) is 32.0 Å². The molecule has 0 saturated carbocycles. The van der Waals surface area contributed by atoms with Gasteiger partial charge in [-0.3, -0.25) is 4.99 Å². The van der Waals surface area contributed by atoms with Crippen molar-refractivity contribution in [3.63, 3.8) is 0 Å². The number of aliphatic imine (C=N–C) groups is 1. The van der Waals surface area contributed by atoms with Crippen LogP contribution in [-0.4, -0.2) is 38.4 Å². The van der Waals surface area contributed by atoms with Gasteiger partial charge in [-0.05, 0) is 56.5 Å². The molecule has 1 unspecified atom stereocenters. The van der Waals surface area contributed by atoms with Crippen LogP contribution in [-0.2, 0) is 19.6 Å². The minimum atomic E-state index is -3.95. The Labute approximate surface area is 233 Å². The third-order valence-electron chi connectivity index (χ3n) is 5.83. The van der Waals surface area contributed by atoms with Gasteiger partial charge in [0.15, 0.2) is 10.8 Å². The predicted molar refractivity (Wildman–Crippen MR) is 148 cm³/mol. The van der Waals surface area contributed by atoms with E-state index in [9.17, 15) is 17.6 Å². The molecule has 1 aliphatic rings. The number of esters is 1. The van der Waals surface area contributed by atoms with Crippen LogP contribution in [0.3, 0.4) is 0 Å². The average molecular weight is 622 g/mol. The molecule has 1 atom stereocenters. The lowest BCUT2D eigenvalue weighted by Crippen LogP contribution is -2.39. The molecule has 0 aliphatic carbocycles. The summed E-state index contributed by atoms with van der Waals surface area (Å²) in [5.41, 5.74) is 3.07. The number of aryl methyl sites for hydroxylation is 3. The zero-order valence-corrected chi connectivity index (χ0v) is 24.4. The fraction of sp³-hybridized carbons (Fsp3) is 0.269. The number of sulfonamides is 1. The molecule has 8 nitrogen and oxygen atoms in total. The summed E-state index contributed by atoms with van der Waals surface area (Å²) < 4.78 is 49.1. The number of thiazole rings is 1. The quantitative estimate of drug-likeness (QED) is 0.348. The highest BCUT2D eigenvalue weighted by Gasteiger charge is 2.34. The van der Waals surface area contributed by atoms with Crippen molar-refractivity contribution in [1.29, 1.82) is 0 Å². The highest BCUT2D eigenvalue weighted by Crippen LogP contribution is 2.37. The lowest BCUT2D eigenvalue weighted by atomic mass is 9.95. The predicted octanol–water partition coefficient (Wildman–Crippen LogP) is 4.86. The summed E-state index contributed by atoms with van der Waals surface area (Å²) >= 11 is 4.71. The van der Waals surface area contributed by atoms with Crippen LogP contribution in [0.4, 0.5) is 4.39 Å². The summed E-state index contributed by atoms with van der Waals surface area (Å²) in [6.07, 6.45) is 1.61. The van der Waals surface area contributed by atoms with Crippen LogP contribution in [0, 0.1) is 26.6 Å². The summed E-state index contributed by atoms with van der Waals surface area (Å²) in [4.78, 5) is 22.5. The number of nitrogens with zero attached hydrogens (tertiary/aromatic N) is 2. The second-order valence-electron chi connectivity index (χ2n) is 8.67. The Morgan fingerprint density at radius 2 is 1.92 bits per heavy atom. The fourth-order valence-electron chi connectivity index (χ4n) is 4.41. The molecule has 0 amide bonds. The number of ether oxygens (including phenoxy) is 1. The van der Waals surface area contributed by atoms with Crippen molar-refractivity contribution >= 4 is 49.1 Å². The molecule has 1 aliphatic heterocycles. The molecule has 0 fully saturated rings. The largest absolute Gasteiger partial charge is 0.463 e. The lowest BCUT2D eigenvalue weighted by molar-refractivity contribution is -0.139. The first-order chi connectivity index (χ1) is 18.0. The molecular formula is C26H26BrFN4O4S2. The number of hydrogen-bond acceptors (Lipinski definition) is 8. The molecular weight excluding hydrogens is 595 g/mol. The van der Waals surface area contributed by atoms with Crippen LogP contribution in [0.1, 0.15) is 40.2 Å². The third kappa shape index (κ3) is 5.88. The Hall–Kier alpha value is -2.93. The van der Waals surface area contributed by atoms with Gasteiger partial charge in [0.25, 0.3) is 0 Å². The summed E-state index contributed by atoms with van der Waals surface area (Å²) in [5, 5.41) is 5.42. The zero-order chi connectivity index (χ0) is 27.6. The average Bonchev–Trinajstić information content (AvgIpc) is 3.37. The van der Waals surface area contributed by atoms with Gasteiger partial charge in [0.1, 0.15) is 11.9 Å². The number of aromatic nitrogens is 1. The Morgan fingerprint density at radius 1 is 1.21 bits per heavy atom. The van der Waals surface area contributed by atoms with Crippen LogP contribution < -0.4 is 10.0 Å². The molecule has 3 aromatic rings.